The molecular weight excluding hydrogens is 357 g/mol. The van der Waals surface area contributed by atoms with Gasteiger partial charge in [0.1, 0.15) is 17.3 Å². The third-order valence-electron chi connectivity index (χ3n) is 5.51. The summed E-state index contributed by atoms with van der Waals surface area (Å²) in [5.41, 5.74) is -0.240. The maximum Gasteiger partial charge on any atom is 0.133 e. The topological polar surface area (TPSA) is 50.7 Å². The molecule has 2 N–H and O–H groups in total. The highest BCUT2D eigenvalue weighted by Crippen LogP contribution is 2.43. The smallest absolute Gasteiger partial charge is 0.133 e. The Morgan fingerprint density at radius 2 is 2.04 bits per heavy atom. The summed E-state index contributed by atoms with van der Waals surface area (Å²) < 4.78 is 24.8. The quantitative estimate of drug-likeness (QED) is 0.617. The standard InChI is InChI=1S/C23H30FNO3/c1-27-15-5-4-13-23(26,18-8-7-14-25-17-18)21-11-2-3-12-22(21)28-20-10-6-9-19(24)16-20/h2-3,6,9-12,16,18,25-26H,4-5,7-8,13-15,17H2,1H3/t18?,23-/m0/s1. The van der Waals surface area contributed by atoms with E-state index in [1.165, 1.54) is 12.1 Å². The number of piperidine rings is 1. The zero-order chi connectivity index (χ0) is 19.8. The summed E-state index contributed by atoms with van der Waals surface area (Å²) in [6, 6.07) is 13.7. The van der Waals surface area contributed by atoms with E-state index >= 15 is 0 Å². The van der Waals surface area contributed by atoms with Crippen LogP contribution in [0.5, 0.6) is 11.5 Å². The van der Waals surface area contributed by atoms with Crippen LogP contribution in [0.4, 0.5) is 4.39 Å². The molecule has 1 heterocycles. The molecule has 1 aliphatic heterocycles. The molecule has 3 rings (SSSR count). The van der Waals surface area contributed by atoms with Crippen molar-refractivity contribution in [2.75, 3.05) is 26.8 Å². The predicted octanol–water partition coefficient (Wildman–Crippen LogP) is 4.62. The molecule has 4 nitrogen and oxygen atoms in total. The second-order valence-corrected chi connectivity index (χ2v) is 7.47. The normalized spacial score (nSPS) is 19.2. The van der Waals surface area contributed by atoms with E-state index in [4.69, 9.17) is 9.47 Å². The Kier molecular flexibility index (Phi) is 7.43. The average Bonchev–Trinajstić information content (AvgIpc) is 2.72. The minimum Gasteiger partial charge on any atom is -0.457 e. The van der Waals surface area contributed by atoms with Crippen molar-refractivity contribution in [1.82, 2.24) is 5.32 Å². The number of hydrogen-bond donors (Lipinski definition) is 2. The molecule has 1 saturated heterocycles. The van der Waals surface area contributed by atoms with Crippen LogP contribution in [-0.2, 0) is 10.3 Å². The number of ether oxygens (including phenoxy) is 2. The molecule has 28 heavy (non-hydrogen) atoms. The first-order valence-electron chi connectivity index (χ1n) is 10.1. The lowest BCUT2D eigenvalue weighted by Gasteiger charge is -2.40. The Labute approximate surface area is 166 Å². The summed E-state index contributed by atoms with van der Waals surface area (Å²) in [4.78, 5) is 0. The number of hydrogen-bond acceptors (Lipinski definition) is 4. The highest BCUT2D eigenvalue weighted by Gasteiger charge is 2.40. The van der Waals surface area contributed by atoms with Gasteiger partial charge in [0.2, 0.25) is 0 Å². The molecular formula is C23H30FNO3. The van der Waals surface area contributed by atoms with Crippen LogP contribution in [0.25, 0.3) is 0 Å². The van der Waals surface area contributed by atoms with Crippen molar-refractivity contribution in [2.45, 2.75) is 37.7 Å². The van der Waals surface area contributed by atoms with E-state index in [1.54, 1.807) is 19.2 Å². The van der Waals surface area contributed by atoms with Gasteiger partial charge in [-0.05, 0) is 56.8 Å². The minimum absolute atomic E-state index is 0.0982. The number of para-hydroxylation sites is 1. The maximum absolute atomic E-state index is 13.6. The van der Waals surface area contributed by atoms with Gasteiger partial charge < -0.3 is 19.9 Å². The first kappa shape index (κ1) is 20.8. The minimum atomic E-state index is -1.01. The van der Waals surface area contributed by atoms with Gasteiger partial charge in [-0.1, -0.05) is 24.3 Å². The number of rotatable bonds is 9. The van der Waals surface area contributed by atoms with E-state index < -0.39 is 5.60 Å². The zero-order valence-electron chi connectivity index (χ0n) is 16.5. The third-order valence-corrected chi connectivity index (χ3v) is 5.51. The van der Waals surface area contributed by atoms with Gasteiger partial charge in [0.15, 0.2) is 0 Å². The largest absolute Gasteiger partial charge is 0.457 e. The molecule has 152 valence electrons. The van der Waals surface area contributed by atoms with Gasteiger partial charge in [-0.2, -0.15) is 0 Å². The fourth-order valence-electron chi connectivity index (χ4n) is 4.03. The number of benzene rings is 2. The highest BCUT2D eigenvalue weighted by atomic mass is 19.1. The van der Waals surface area contributed by atoms with Crippen LogP contribution < -0.4 is 10.1 Å². The van der Waals surface area contributed by atoms with Gasteiger partial charge in [0, 0.05) is 37.8 Å². The molecule has 0 spiro atoms. The number of aliphatic hydroxyl groups is 1. The van der Waals surface area contributed by atoms with Crippen molar-refractivity contribution in [1.29, 1.82) is 0 Å². The zero-order valence-corrected chi connectivity index (χ0v) is 16.5. The Balaban J connectivity index is 1.90. The van der Waals surface area contributed by atoms with Gasteiger partial charge in [0.25, 0.3) is 0 Å². The summed E-state index contributed by atoms with van der Waals surface area (Å²) in [6.45, 7) is 2.44. The maximum atomic E-state index is 13.6. The lowest BCUT2D eigenvalue weighted by molar-refractivity contribution is -0.0446. The Hall–Kier alpha value is -1.95. The number of nitrogens with one attached hydrogen (secondary N) is 1. The molecule has 0 aromatic heterocycles. The molecule has 1 aliphatic rings. The lowest BCUT2D eigenvalue weighted by Crippen LogP contribution is -2.44. The van der Waals surface area contributed by atoms with E-state index in [2.05, 4.69) is 5.32 Å². The summed E-state index contributed by atoms with van der Waals surface area (Å²) in [6.07, 6.45) is 4.38. The SMILES string of the molecule is COCCCC[C@@](O)(c1ccccc1Oc1cccc(F)c1)C1CCCNC1. The van der Waals surface area contributed by atoms with Crippen LogP contribution in [0.2, 0.25) is 0 Å². The molecule has 0 saturated carbocycles. The van der Waals surface area contributed by atoms with Gasteiger partial charge in [-0.3, -0.25) is 0 Å². The van der Waals surface area contributed by atoms with E-state index in [-0.39, 0.29) is 11.7 Å². The van der Waals surface area contributed by atoms with E-state index in [0.717, 1.165) is 44.3 Å². The molecule has 2 atom stereocenters. The van der Waals surface area contributed by atoms with Gasteiger partial charge in [0.05, 0.1) is 5.60 Å². The van der Waals surface area contributed by atoms with Crippen LogP contribution >= 0.6 is 0 Å². The molecule has 1 unspecified atom stereocenters. The van der Waals surface area contributed by atoms with Crippen molar-refractivity contribution in [3.8, 4) is 11.5 Å². The first-order chi connectivity index (χ1) is 13.6. The molecule has 5 heteroatoms. The van der Waals surface area contributed by atoms with Crippen LogP contribution in [-0.4, -0.2) is 31.9 Å². The fraction of sp³-hybridized carbons (Fsp3) is 0.478. The summed E-state index contributed by atoms with van der Waals surface area (Å²) in [5, 5.41) is 15.3. The predicted molar refractivity (Wildman–Crippen MR) is 108 cm³/mol. The summed E-state index contributed by atoms with van der Waals surface area (Å²) in [7, 11) is 1.69. The number of unbranched alkanes of at least 4 members (excludes halogenated alkanes) is 1. The Morgan fingerprint density at radius 1 is 1.18 bits per heavy atom. The summed E-state index contributed by atoms with van der Waals surface area (Å²) >= 11 is 0. The third kappa shape index (κ3) is 5.10. The van der Waals surface area contributed by atoms with Crippen LogP contribution in [0.1, 0.15) is 37.7 Å². The second-order valence-electron chi connectivity index (χ2n) is 7.47. The van der Waals surface area contributed by atoms with E-state index in [9.17, 15) is 9.50 Å². The van der Waals surface area contributed by atoms with Crippen LogP contribution in [0.15, 0.2) is 48.5 Å². The molecule has 2 aromatic rings. The molecule has 1 fully saturated rings. The highest BCUT2D eigenvalue weighted by molar-refractivity contribution is 5.42. The fourth-order valence-corrected chi connectivity index (χ4v) is 4.03. The van der Waals surface area contributed by atoms with Crippen molar-refractivity contribution in [3.05, 3.63) is 59.9 Å². The monoisotopic (exact) mass is 387 g/mol. The van der Waals surface area contributed by atoms with Crippen molar-refractivity contribution in [2.24, 2.45) is 5.92 Å². The van der Waals surface area contributed by atoms with Crippen LogP contribution in [0, 0.1) is 11.7 Å². The average molecular weight is 387 g/mol. The molecule has 0 aliphatic carbocycles. The molecule has 0 radical (unpaired) electrons. The van der Waals surface area contributed by atoms with Crippen molar-refractivity contribution < 1.29 is 19.0 Å². The first-order valence-corrected chi connectivity index (χ1v) is 10.1. The van der Waals surface area contributed by atoms with Crippen molar-refractivity contribution in [3.63, 3.8) is 0 Å². The Bertz CT molecular complexity index is 748. The van der Waals surface area contributed by atoms with Gasteiger partial charge >= 0.3 is 0 Å². The summed E-state index contributed by atoms with van der Waals surface area (Å²) in [5.74, 6) is 0.756. The molecule has 0 bridgehead atoms. The Morgan fingerprint density at radius 3 is 2.79 bits per heavy atom. The van der Waals surface area contributed by atoms with E-state index in [1.807, 2.05) is 24.3 Å². The van der Waals surface area contributed by atoms with Gasteiger partial charge in [-0.15, -0.1) is 0 Å². The van der Waals surface area contributed by atoms with E-state index in [0.29, 0.717) is 24.5 Å². The van der Waals surface area contributed by atoms with Gasteiger partial charge in [-0.25, -0.2) is 4.39 Å². The molecule has 2 aromatic carbocycles. The second kappa shape index (κ2) is 10.0. The van der Waals surface area contributed by atoms with Crippen LogP contribution in [0.3, 0.4) is 0 Å². The number of halogens is 1. The lowest BCUT2D eigenvalue weighted by atomic mass is 9.74. The number of methoxy groups -OCH3 is 1. The van der Waals surface area contributed by atoms with Crippen molar-refractivity contribution >= 4 is 0 Å². The molecule has 0 amide bonds.